The van der Waals surface area contributed by atoms with Crippen molar-refractivity contribution < 1.29 is 27.5 Å². The molecule has 190 valence electrons. The molecule has 0 aromatic heterocycles. The fraction of sp³-hybridized carbons (Fsp3) is 0.214. The Bertz CT molecular complexity index is 1390. The molecule has 2 atom stereocenters. The lowest BCUT2D eigenvalue weighted by Gasteiger charge is -2.35. The van der Waals surface area contributed by atoms with Gasteiger partial charge in [-0.15, -0.1) is 0 Å². The lowest BCUT2D eigenvalue weighted by atomic mass is 9.78. The highest BCUT2D eigenvalue weighted by molar-refractivity contribution is 6.30. The van der Waals surface area contributed by atoms with E-state index in [1.54, 1.807) is 49.6 Å². The maximum absolute atomic E-state index is 13.9. The standard InChI is InChI=1S/C28H22ClF3N2O3/c1-37-20-12-8-16(9-13-20)18-14-22-25(24(35)15-18)26(17-6-10-19(29)11-7-17)34(27(36)28(30,31)32)23-5-3-2-4-21(23)33-22/h2-13,18,26,33H,14-15H2,1H3. The van der Waals surface area contributed by atoms with Crippen molar-refractivity contribution in [2.45, 2.75) is 31.0 Å². The zero-order chi connectivity index (χ0) is 26.3. The third-order valence-corrected chi connectivity index (χ3v) is 6.97. The molecule has 0 spiro atoms. The Hall–Kier alpha value is -3.78. The number of para-hydroxylation sites is 2. The average molecular weight is 527 g/mol. The first-order valence-electron chi connectivity index (χ1n) is 11.6. The van der Waals surface area contributed by atoms with Gasteiger partial charge in [-0.05, 0) is 59.9 Å². The summed E-state index contributed by atoms with van der Waals surface area (Å²) in [7, 11) is 1.56. The Morgan fingerprint density at radius 2 is 1.62 bits per heavy atom. The fourth-order valence-corrected chi connectivity index (χ4v) is 5.15. The van der Waals surface area contributed by atoms with Gasteiger partial charge in [0.1, 0.15) is 5.75 Å². The molecular formula is C28H22ClF3N2O3. The van der Waals surface area contributed by atoms with Crippen LogP contribution in [0.1, 0.15) is 35.9 Å². The monoisotopic (exact) mass is 526 g/mol. The van der Waals surface area contributed by atoms with Gasteiger partial charge >= 0.3 is 12.1 Å². The zero-order valence-corrected chi connectivity index (χ0v) is 20.4. The van der Waals surface area contributed by atoms with E-state index < -0.39 is 18.1 Å². The SMILES string of the molecule is COc1ccc(C2CC(=O)C3=C(C2)Nc2ccccc2N(C(=O)C(F)(F)F)C3c2ccc(Cl)cc2)cc1. The molecular weight excluding hydrogens is 505 g/mol. The van der Waals surface area contributed by atoms with Crippen molar-refractivity contribution in [1.82, 2.24) is 0 Å². The van der Waals surface area contributed by atoms with Crippen LogP contribution in [0.25, 0.3) is 0 Å². The molecule has 5 rings (SSSR count). The van der Waals surface area contributed by atoms with E-state index in [4.69, 9.17) is 16.3 Å². The van der Waals surface area contributed by atoms with Gasteiger partial charge in [0.2, 0.25) is 0 Å². The van der Waals surface area contributed by atoms with Crippen molar-refractivity contribution >= 4 is 34.7 Å². The predicted molar refractivity (Wildman–Crippen MR) is 135 cm³/mol. The van der Waals surface area contributed by atoms with E-state index in [1.165, 1.54) is 18.2 Å². The molecule has 3 aromatic rings. The predicted octanol–water partition coefficient (Wildman–Crippen LogP) is 6.81. The second-order valence-electron chi connectivity index (χ2n) is 8.96. The van der Waals surface area contributed by atoms with Gasteiger partial charge < -0.3 is 10.1 Å². The summed E-state index contributed by atoms with van der Waals surface area (Å²) in [4.78, 5) is 27.3. The van der Waals surface area contributed by atoms with E-state index in [9.17, 15) is 22.8 Å². The van der Waals surface area contributed by atoms with E-state index in [0.29, 0.717) is 39.0 Å². The Kier molecular flexibility index (Phi) is 6.45. The molecule has 0 radical (unpaired) electrons. The van der Waals surface area contributed by atoms with E-state index in [-0.39, 0.29) is 29.4 Å². The summed E-state index contributed by atoms with van der Waals surface area (Å²) in [5, 5.41) is 3.59. The number of allylic oxidation sites excluding steroid dienone is 1. The average Bonchev–Trinajstić information content (AvgIpc) is 3.03. The number of anilines is 2. The normalized spacial score (nSPS) is 19.5. The minimum Gasteiger partial charge on any atom is -0.497 e. The molecule has 1 N–H and O–H groups in total. The summed E-state index contributed by atoms with van der Waals surface area (Å²) in [6, 6.07) is 18.5. The number of nitrogens with one attached hydrogen (secondary N) is 1. The lowest BCUT2D eigenvalue weighted by molar-refractivity contribution is -0.170. The van der Waals surface area contributed by atoms with Crippen LogP contribution < -0.4 is 15.0 Å². The number of alkyl halides is 3. The number of nitrogens with zero attached hydrogens (tertiary/aromatic N) is 1. The highest BCUT2D eigenvalue weighted by Crippen LogP contribution is 2.48. The Morgan fingerprint density at radius 3 is 2.27 bits per heavy atom. The topological polar surface area (TPSA) is 58.6 Å². The van der Waals surface area contributed by atoms with E-state index in [0.717, 1.165) is 5.56 Å². The third-order valence-electron chi connectivity index (χ3n) is 6.72. The van der Waals surface area contributed by atoms with Crippen LogP contribution in [0.3, 0.4) is 0 Å². The number of Topliss-reactive ketones (excluding diaryl/α,β-unsaturated/α-hetero) is 1. The summed E-state index contributed by atoms with van der Waals surface area (Å²) in [6.07, 6.45) is -4.70. The van der Waals surface area contributed by atoms with E-state index in [2.05, 4.69) is 5.32 Å². The number of fused-ring (bicyclic) bond motifs is 1. The quantitative estimate of drug-likeness (QED) is 0.407. The van der Waals surface area contributed by atoms with Crippen LogP contribution in [0.15, 0.2) is 84.1 Å². The first-order chi connectivity index (χ1) is 17.7. The lowest BCUT2D eigenvalue weighted by Crippen LogP contribution is -2.45. The van der Waals surface area contributed by atoms with Crippen LogP contribution >= 0.6 is 11.6 Å². The van der Waals surface area contributed by atoms with E-state index >= 15 is 0 Å². The molecule has 2 unspecified atom stereocenters. The molecule has 1 aliphatic carbocycles. The highest BCUT2D eigenvalue weighted by Gasteiger charge is 2.49. The van der Waals surface area contributed by atoms with Crippen LogP contribution in [-0.2, 0) is 9.59 Å². The molecule has 37 heavy (non-hydrogen) atoms. The Morgan fingerprint density at radius 1 is 0.973 bits per heavy atom. The van der Waals surface area contributed by atoms with Gasteiger partial charge in [0.15, 0.2) is 5.78 Å². The van der Waals surface area contributed by atoms with Crippen LogP contribution in [0.2, 0.25) is 5.02 Å². The molecule has 5 nitrogen and oxygen atoms in total. The number of carbonyl (C=O) groups excluding carboxylic acids is 2. The molecule has 1 amide bonds. The van der Waals surface area contributed by atoms with Crippen LogP contribution in [-0.4, -0.2) is 25.0 Å². The van der Waals surface area contributed by atoms with E-state index in [1.807, 2.05) is 12.1 Å². The summed E-state index contributed by atoms with van der Waals surface area (Å²) in [5.74, 6) is -1.91. The molecule has 1 aliphatic heterocycles. The van der Waals surface area contributed by atoms with Crippen molar-refractivity contribution in [3.8, 4) is 5.75 Å². The number of halogens is 4. The first-order valence-corrected chi connectivity index (χ1v) is 12.0. The first kappa shape index (κ1) is 24.9. The summed E-state index contributed by atoms with van der Waals surface area (Å²) in [5.41, 5.74) is 2.23. The van der Waals surface area contributed by atoms with Crippen LogP contribution in [0.5, 0.6) is 5.75 Å². The van der Waals surface area contributed by atoms with Gasteiger partial charge in [-0.2, -0.15) is 13.2 Å². The van der Waals surface area contributed by atoms with Gasteiger partial charge in [-0.1, -0.05) is 48.0 Å². The summed E-state index contributed by atoms with van der Waals surface area (Å²) < 4.78 is 47.0. The second-order valence-corrected chi connectivity index (χ2v) is 9.40. The molecule has 0 saturated heterocycles. The molecule has 0 saturated carbocycles. The van der Waals surface area contributed by atoms with Gasteiger partial charge in [0.05, 0.1) is 24.5 Å². The van der Waals surface area contributed by atoms with Crippen molar-refractivity contribution in [3.05, 3.63) is 100 Å². The molecule has 3 aromatic carbocycles. The van der Waals surface area contributed by atoms with Gasteiger partial charge in [-0.3, -0.25) is 14.5 Å². The number of methoxy groups -OCH3 is 1. The molecule has 2 aliphatic rings. The van der Waals surface area contributed by atoms with Crippen LogP contribution in [0, 0.1) is 0 Å². The molecule has 9 heteroatoms. The number of benzene rings is 3. The molecule has 0 bridgehead atoms. The van der Waals surface area contributed by atoms with Crippen molar-refractivity contribution in [2.24, 2.45) is 0 Å². The second kappa shape index (κ2) is 9.59. The Labute approximate surface area is 216 Å². The maximum atomic E-state index is 13.9. The van der Waals surface area contributed by atoms with Crippen molar-refractivity contribution in [2.75, 3.05) is 17.3 Å². The number of hydrogen-bond donors (Lipinski definition) is 1. The smallest absolute Gasteiger partial charge is 0.471 e. The maximum Gasteiger partial charge on any atom is 0.471 e. The number of ether oxygens (including phenoxy) is 1. The summed E-state index contributed by atoms with van der Waals surface area (Å²) >= 11 is 6.05. The van der Waals surface area contributed by atoms with Gasteiger partial charge in [0.25, 0.3) is 0 Å². The highest BCUT2D eigenvalue weighted by atomic mass is 35.5. The Balaban J connectivity index is 1.70. The zero-order valence-electron chi connectivity index (χ0n) is 19.7. The van der Waals surface area contributed by atoms with Gasteiger partial charge in [-0.25, -0.2) is 0 Å². The minimum atomic E-state index is -5.16. The largest absolute Gasteiger partial charge is 0.497 e. The number of rotatable bonds is 3. The minimum absolute atomic E-state index is 0.0352. The van der Waals surface area contributed by atoms with Crippen molar-refractivity contribution in [3.63, 3.8) is 0 Å². The number of ketones is 1. The van der Waals surface area contributed by atoms with Crippen molar-refractivity contribution in [1.29, 1.82) is 0 Å². The number of hydrogen-bond acceptors (Lipinski definition) is 4. The van der Waals surface area contributed by atoms with Crippen LogP contribution in [0.4, 0.5) is 24.5 Å². The van der Waals surface area contributed by atoms with Gasteiger partial charge in [0, 0.05) is 22.7 Å². The summed E-state index contributed by atoms with van der Waals surface area (Å²) in [6.45, 7) is 0. The number of carbonyl (C=O) groups is 2. The fourth-order valence-electron chi connectivity index (χ4n) is 5.02. The third kappa shape index (κ3) is 4.69. The molecule has 0 fully saturated rings. The molecule has 1 heterocycles. The number of amides is 1.